The summed E-state index contributed by atoms with van der Waals surface area (Å²) in [5.41, 5.74) is 3.43. The summed E-state index contributed by atoms with van der Waals surface area (Å²) in [6.45, 7) is 14.1. The summed E-state index contributed by atoms with van der Waals surface area (Å²) in [5.74, 6) is 0.803. The zero-order valence-corrected chi connectivity index (χ0v) is 19.1. The zero-order valence-electron chi connectivity index (χ0n) is 16.8. The smallest absolute Gasteiger partial charge is 0.191 e. The van der Waals surface area contributed by atoms with Crippen LogP contribution in [-0.2, 0) is 13.5 Å². The average Bonchev–Trinajstić information content (AvgIpc) is 2.79. The highest BCUT2D eigenvalue weighted by Crippen LogP contribution is 2.20. The number of aromatic nitrogens is 2. The van der Waals surface area contributed by atoms with E-state index in [-0.39, 0.29) is 42.0 Å². The van der Waals surface area contributed by atoms with Crippen LogP contribution in [-0.4, -0.2) is 46.6 Å². The van der Waals surface area contributed by atoms with Crippen LogP contribution in [0.1, 0.15) is 51.1 Å². The average molecular weight is 465 g/mol. The molecule has 0 aliphatic rings. The Morgan fingerprint density at radius 1 is 1.36 bits per heavy atom. The molecule has 0 saturated carbocycles. The summed E-state index contributed by atoms with van der Waals surface area (Å²) in [5, 5.41) is 20.8. The first kappa shape index (κ1) is 24.2. The number of aliphatic hydroxyl groups is 1. The molecule has 1 aromatic rings. The van der Waals surface area contributed by atoms with E-state index in [1.165, 1.54) is 11.3 Å². The second-order valence-electron chi connectivity index (χ2n) is 7.04. The van der Waals surface area contributed by atoms with E-state index in [4.69, 9.17) is 0 Å². The lowest BCUT2D eigenvalue weighted by Crippen LogP contribution is -2.44. The van der Waals surface area contributed by atoms with Crippen molar-refractivity contribution in [2.45, 2.75) is 60.4 Å². The number of nitrogens with one attached hydrogen (secondary N) is 2. The fourth-order valence-corrected chi connectivity index (χ4v) is 2.57. The first-order valence-electron chi connectivity index (χ1n) is 8.91. The lowest BCUT2D eigenvalue weighted by molar-refractivity contribution is 0.145. The molecule has 146 valence electrons. The van der Waals surface area contributed by atoms with Crippen LogP contribution in [0.4, 0.5) is 0 Å². The van der Waals surface area contributed by atoms with Gasteiger partial charge in [-0.25, -0.2) is 0 Å². The predicted octanol–water partition coefficient (Wildman–Crippen LogP) is 2.55. The number of hydrogen-bond acceptors (Lipinski definition) is 3. The van der Waals surface area contributed by atoms with E-state index in [9.17, 15) is 5.11 Å². The van der Waals surface area contributed by atoms with Crippen LogP contribution in [0.5, 0.6) is 0 Å². The number of aliphatic hydroxyl groups excluding tert-OH is 1. The van der Waals surface area contributed by atoms with Gasteiger partial charge in [0.05, 0.1) is 18.8 Å². The molecule has 0 bridgehead atoms. The fourth-order valence-electron chi connectivity index (χ4n) is 2.57. The van der Waals surface area contributed by atoms with E-state index >= 15 is 0 Å². The molecule has 1 rings (SSSR count). The van der Waals surface area contributed by atoms with Crippen LogP contribution >= 0.6 is 24.0 Å². The molecule has 2 atom stereocenters. The van der Waals surface area contributed by atoms with Gasteiger partial charge in [-0.2, -0.15) is 5.10 Å². The minimum Gasteiger partial charge on any atom is -0.396 e. The SMILES string of the molecule is CCNC(=NCC(C)(CC)CO)NC(C)Cc1c(C)nn(C)c1C.I. The Morgan fingerprint density at radius 3 is 2.44 bits per heavy atom. The molecule has 6 nitrogen and oxygen atoms in total. The van der Waals surface area contributed by atoms with E-state index in [0.29, 0.717) is 6.54 Å². The summed E-state index contributed by atoms with van der Waals surface area (Å²) in [7, 11) is 1.98. The highest BCUT2D eigenvalue weighted by molar-refractivity contribution is 14.0. The monoisotopic (exact) mass is 465 g/mol. The third-order valence-electron chi connectivity index (χ3n) is 4.75. The van der Waals surface area contributed by atoms with Crippen molar-refractivity contribution in [1.29, 1.82) is 0 Å². The molecule has 0 aliphatic carbocycles. The Morgan fingerprint density at radius 2 is 2.00 bits per heavy atom. The van der Waals surface area contributed by atoms with Crippen LogP contribution in [0.3, 0.4) is 0 Å². The van der Waals surface area contributed by atoms with Gasteiger partial charge in [-0.3, -0.25) is 9.67 Å². The van der Waals surface area contributed by atoms with Crippen molar-refractivity contribution >= 4 is 29.9 Å². The lowest BCUT2D eigenvalue weighted by Gasteiger charge is -2.24. The summed E-state index contributed by atoms with van der Waals surface area (Å²) >= 11 is 0. The first-order chi connectivity index (χ1) is 11.3. The van der Waals surface area contributed by atoms with Gasteiger partial charge < -0.3 is 15.7 Å². The Bertz CT molecular complexity index is 552. The first-order valence-corrected chi connectivity index (χ1v) is 8.91. The Balaban J connectivity index is 0.00000576. The molecule has 0 radical (unpaired) electrons. The predicted molar refractivity (Wildman–Crippen MR) is 116 cm³/mol. The number of guanidine groups is 1. The van der Waals surface area contributed by atoms with Crippen molar-refractivity contribution in [2.75, 3.05) is 19.7 Å². The Hall–Kier alpha value is -0.830. The number of rotatable bonds is 8. The van der Waals surface area contributed by atoms with Gasteiger partial charge in [0.25, 0.3) is 0 Å². The van der Waals surface area contributed by atoms with Gasteiger partial charge in [0, 0.05) is 30.7 Å². The second-order valence-corrected chi connectivity index (χ2v) is 7.04. The van der Waals surface area contributed by atoms with Crippen molar-refractivity contribution in [3.63, 3.8) is 0 Å². The second kappa shape index (κ2) is 11.0. The van der Waals surface area contributed by atoms with Crippen molar-refractivity contribution in [3.8, 4) is 0 Å². The van der Waals surface area contributed by atoms with E-state index in [2.05, 4.69) is 62.3 Å². The van der Waals surface area contributed by atoms with E-state index < -0.39 is 0 Å². The topological polar surface area (TPSA) is 74.5 Å². The van der Waals surface area contributed by atoms with Crippen LogP contribution in [0, 0.1) is 19.3 Å². The molecule has 0 aliphatic heterocycles. The van der Waals surface area contributed by atoms with Gasteiger partial charge in [-0.15, -0.1) is 24.0 Å². The summed E-state index contributed by atoms with van der Waals surface area (Å²) in [6, 6.07) is 0.242. The fraction of sp³-hybridized carbons (Fsp3) is 0.778. The van der Waals surface area contributed by atoms with Crippen LogP contribution < -0.4 is 10.6 Å². The number of nitrogens with zero attached hydrogens (tertiary/aromatic N) is 3. The number of hydrogen-bond donors (Lipinski definition) is 3. The van der Waals surface area contributed by atoms with Crippen molar-refractivity contribution in [1.82, 2.24) is 20.4 Å². The molecular formula is C18H36IN5O. The maximum Gasteiger partial charge on any atom is 0.191 e. The van der Waals surface area contributed by atoms with Gasteiger partial charge in [-0.05, 0) is 46.1 Å². The molecule has 0 fully saturated rings. The molecule has 3 N–H and O–H groups in total. The minimum absolute atomic E-state index is 0. The van der Waals surface area contributed by atoms with E-state index in [1.807, 2.05) is 11.7 Å². The van der Waals surface area contributed by atoms with Gasteiger partial charge in [0.15, 0.2) is 5.96 Å². The van der Waals surface area contributed by atoms with E-state index in [1.54, 1.807) is 0 Å². The molecule has 1 heterocycles. The summed E-state index contributed by atoms with van der Waals surface area (Å²) < 4.78 is 1.94. The van der Waals surface area contributed by atoms with Crippen LogP contribution in [0.25, 0.3) is 0 Å². The van der Waals surface area contributed by atoms with Crippen LogP contribution in [0.15, 0.2) is 4.99 Å². The highest BCUT2D eigenvalue weighted by Gasteiger charge is 2.21. The molecule has 7 heteroatoms. The van der Waals surface area contributed by atoms with Crippen LogP contribution in [0.2, 0.25) is 0 Å². The minimum atomic E-state index is -0.165. The van der Waals surface area contributed by atoms with E-state index in [0.717, 1.165) is 31.0 Å². The third kappa shape index (κ3) is 7.13. The maximum atomic E-state index is 9.55. The third-order valence-corrected chi connectivity index (χ3v) is 4.75. The van der Waals surface area contributed by atoms with Gasteiger partial charge in [-0.1, -0.05) is 13.8 Å². The molecule has 1 aromatic heterocycles. The largest absolute Gasteiger partial charge is 0.396 e. The maximum absolute atomic E-state index is 9.55. The van der Waals surface area contributed by atoms with Crippen molar-refractivity contribution in [2.24, 2.45) is 17.5 Å². The summed E-state index contributed by atoms with van der Waals surface area (Å²) in [6.07, 6.45) is 1.80. The highest BCUT2D eigenvalue weighted by atomic mass is 127. The quantitative estimate of drug-likeness (QED) is 0.314. The summed E-state index contributed by atoms with van der Waals surface area (Å²) in [4.78, 5) is 4.67. The lowest BCUT2D eigenvalue weighted by atomic mass is 9.89. The molecule has 25 heavy (non-hydrogen) atoms. The molecule has 0 aromatic carbocycles. The van der Waals surface area contributed by atoms with Crippen molar-refractivity contribution < 1.29 is 5.11 Å². The molecule has 2 unspecified atom stereocenters. The van der Waals surface area contributed by atoms with Gasteiger partial charge in [0.1, 0.15) is 0 Å². The number of aryl methyl sites for hydroxylation is 2. The number of halogens is 1. The molecule has 0 saturated heterocycles. The van der Waals surface area contributed by atoms with Crippen molar-refractivity contribution in [3.05, 3.63) is 17.0 Å². The number of aliphatic imine (C=N–C) groups is 1. The molecule has 0 amide bonds. The Kier molecular flexibility index (Phi) is 10.6. The standard InChI is InChI=1S/C18H35N5O.HI/c1-8-18(6,12-24)11-20-17(19-9-2)21-13(3)10-16-14(4)22-23(7)15(16)5;/h13,24H,8-12H2,1-7H3,(H2,19,20,21);1H. The Labute approximate surface area is 169 Å². The van der Waals surface area contributed by atoms with Gasteiger partial charge in [0.2, 0.25) is 0 Å². The normalized spacial score (nSPS) is 15.3. The molecule has 0 spiro atoms. The zero-order chi connectivity index (χ0) is 18.3. The van der Waals surface area contributed by atoms with Gasteiger partial charge >= 0.3 is 0 Å². The molecular weight excluding hydrogens is 429 g/mol.